The van der Waals surface area contributed by atoms with Crippen LogP contribution in [0.5, 0.6) is 0 Å². The number of carbonyl (C=O) groups is 2. The molecule has 2 saturated heterocycles. The number of aryl methyl sites for hydroxylation is 1. The first-order chi connectivity index (χ1) is 11.6. The van der Waals surface area contributed by atoms with Gasteiger partial charge in [0.15, 0.2) is 5.69 Å². The van der Waals surface area contributed by atoms with Crippen molar-refractivity contribution >= 4 is 11.9 Å². The van der Waals surface area contributed by atoms with Crippen LogP contribution in [0.25, 0.3) is 0 Å². The Morgan fingerprint density at radius 2 is 2.08 bits per heavy atom. The van der Waals surface area contributed by atoms with Crippen LogP contribution in [0, 0.1) is 11.3 Å². The molecule has 1 aromatic heterocycles. The third kappa shape index (κ3) is 2.33. The van der Waals surface area contributed by atoms with Crippen molar-refractivity contribution in [3.8, 4) is 0 Å². The molecule has 0 radical (unpaired) electrons. The van der Waals surface area contributed by atoms with Gasteiger partial charge >= 0.3 is 5.97 Å². The van der Waals surface area contributed by atoms with Crippen molar-refractivity contribution < 1.29 is 24.0 Å². The van der Waals surface area contributed by atoms with Crippen LogP contribution in [0.4, 0.5) is 0 Å². The van der Waals surface area contributed by atoms with E-state index in [2.05, 4.69) is 5.16 Å². The molecule has 2 aliphatic heterocycles. The van der Waals surface area contributed by atoms with Gasteiger partial charge < -0.3 is 19.3 Å². The highest BCUT2D eigenvalue weighted by atomic mass is 16.5. The van der Waals surface area contributed by atoms with E-state index in [1.165, 1.54) is 0 Å². The second kappa shape index (κ2) is 5.88. The molecule has 3 heterocycles. The molecular formula is C17H22N2O5. The molecule has 7 nitrogen and oxygen atoms in total. The quantitative estimate of drug-likeness (QED) is 0.824. The van der Waals surface area contributed by atoms with E-state index in [-0.39, 0.29) is 18.4 Å². The smallest absolute Gasteiger partial charge is 0.311 e. The van der Waals surface area contributed by atoms with Crippen LogP contribution in [-0.2, 0) is 22.4 Å². The number of hydrogen-bond donors (Lipinski definition) is 1. The largest absolute Gasteiger partial charge is 0.481 e. The maximum atomic E-state index is 13.0. The van der Waals surface area contributed by atoms with E-state index < -0.39 is 11.4 Å². The van der Waals surface area contributed by atoms with E-state index in [4.69, 9.17) is 9.26 Å². The zero-order chi connectivity index (χ0) is 16.7. The summed E-state index contributed by atoms with van der Waals surface area (Å²) >= 11 is 0. The highest BCUT2D eigenvalue weighted by molar-refractivity contribution is 5.95. The van der Waals surface area contributed by atoms with Gasteiger partial charge in [-0.1, -0.05) is 11.6 Å². The van der Waals surface area contributed by atoms with Gasteiger partial charge in [-0.3, -0.25) is 9.59 Å². The first kappa shape index (κ1) is 15.6. The van der Waals surface area contributed by atoms with Crippen molar-refractivity contribution in [2.24, 2.45) is 11.3 Å². The van der Waals surface area contributed by atoms with Crippen molar-refractivity contribution in [2.45, 2.75) is 38.5 Å². The first-order valence-corrected chi connectivity index (χ1v) is 8.69. The fourth-order valence-corrected chi connectivity index (χ4v) is 4.33. The first-order valence-electron chi connectivity index (χ1n) is 8.69. The normalized spacial score (nSPS) is 29.7. The molecule has 3 aliphatic rings. The number of hydrogen-bond acceptors (Lipinski definition) is 5. The van der Waals surface area contributed by atoms with E-state index in [0.29, 0.717) is 31.9 Å². The maximum Gasteiger partial charge on any atom is 0.311 e. The average molecular weight is 334 g/mol. The number of likely N-dealkylation sites (tertiary alicyclic amines) is 1. The zero-order valence-corrected chi connectivity index (χ0v) is 13.6. The van der Waals surface area contributed by atoms with Gasteiger partial charge in [-0.05, 0) is 25.7 Å². The molecule has 7 heteroatoms. The summed E-state index contributed by atoms with van der Waals surface area (Å²) in [6.07, 6.45) is 5.30. The van der Waals surface area contributed by atoms with Crippen LogP contribution in [0.3, 0.4) is 0 Å². The lowest BCUT2D eigenvalue weighted by atomic mass is 9.74. The van der Waals surface area contributed by atoms with E-state index in [1.807, 2.05) is 0 Å². The molecule has 2 fully saturated rings. The maximum absolute atomic E-state index is 13.0. The average Bonchev–Trinajstić information content (AvgIpc) is 3.09. The molecule has 0 bridgehead atoms. The Kier molecular flexibility index (Phi) is 3.83. The Morgan fingerprint density at radius 1 is 1.25 bits per heavy atom. The molecule has 0 aromatic carbocycles. The van der Waals surface area contributed by atoms with Gasteiger partial charge in [0.25, 0.3) is 5.91 Å². The van der Waals surface area contributed by atoms with Crippen LogP contribution < -0.4 is 0 Å². The molecule has 4 rings (SSSR count). The minimum absolute atomic E-state index is 0.154. The fraction of sp³-hybridized carbons (Fsp3) is 0.706. The SMILES string of the molecule is O=C(c1noc2c1CCCCC2)N1C[C@H]2COCC[C@@]2(C(=O)O)C1. The summed E-state index contributed by atoms with van der Waals surface area (Å²) in [4.78, 5) is 26.5. The summed E-state index contributed by atoms with van der Waals surface area (Å²) in [5.74, 6) is -0.357. The van der Waals surface area contributed by atoms with Gasteiger partial charge in [-0.2, -0.15) is 0 Å². The van der Waals surface area contributed by atoms with Crippen LogP contribution in [-0.4, -0.2) is 53.3 Å². The molecule has 0 saturated carbocycles. The second-order valence-electron chi connectivity index (χ2n) is 7.16. The number of ether oxygens (including phenoxy) is 1. The third-order valence-electron chi connectivity index (χ3n) is 5.82. The number of carbonyl (C=O) groups excluding carboxylic acids is 1. The molecular weight excluding hydrogens is 312 g/mol. The van der Waals surface area contributed by atoms with E-state index in [1.54, 1.807) is 4.90 Å². The Bertz CT molecular complexity index is 670. The van der Waals surface area contributed by atoms with Crippen LogP contribution in [0.1, 0.15) is 47.5 Å². The summed E-state index contributed by atoms with van der Waals surface area (Å²) < 4.78 is 10.8. The number of fused-ring (bicyclic) bond motifs is 2. The Morgan fingerprint density at radius 3 is 2.88 bits per heavy atom. The van der Waals surface area contributed by atoms with E-state index in [0.717, 1.165) is 43.4 Å². The predicted molar refractivity (Wildman–Crippen MR) is 82.7 cm³/mol. The lowest BCUT2D eigenvalue weighted by Crippen LogP contribution is -2.45. The van der Waals surface area contributed by atoms with Crippen LogP contribution in [0.15, 0.2) is 4.52 Å². The number of carboxylic acids is 1. The summed E-state index contributed by atoms with van der Waals surface area (Å²) in [7, 11) is 0. The molecule has 1 amide bonds. The molecule has 130 valence electrons. The van der Waals surface area contributed by atoms with E-state index in [9.17, 15) is 14.7 Å². The van der Waals surface area contributed by atoms with Crippen molar-refractivity contribution in [3.05, 3.63) is 17.0 Å². The van der Waals surface area contributed by atoms with Crippen molar-refractivity contribution in [2.75, 3.05) is 26.3 Å². The van der Waals surface area contributed by atoms with Crippen molar-refractivity contribution in [1.29, 1.82) is 0 Å². The monoisotopic (exact) mass is 334 g/mol. The molecule has 1 aliphatic carbocycles. The number of rotatable bonds is 2. The molecule has 2 atom stereocenters. The fourth-order valence-electron chi connectivity index (χ4n) is 4.33. The van der Waals surface area contributed by atoms with Gasteiger partial charge in [0.05, 0.1) is 12.0 Å². The van der Waals surface area contributed by atoms with Crippen LogP contribution in [0.2, 0.25) is 0 Å². The number of aliphatic carboxylic acids is 1. The van der Waals surface area contributed by atoms with Gasteiger partial charge in [-0.25, -0.2) is 0 Å². The third-order valence-corrected chi connectivity index (χ3v) is 5.82. The number of carboxylic acid groups (broad SMARTS) is 1. The number of nitrogens with zero attached hydrogens (tertiary/aromatic N) is 2. The lowest BCUT2D eigenvalue weighted by molar-refractivity contribution is -0.157. The van der Waals surface area contributed by atoms with Crippen LogP contribution >= 0.6 is 0 Å². The zero-order valence-electron chi connectivity index (χ0n) is 13.6. The number of amides is 1. The number of aromatic nitrogens is 1. The minimum Gasteiger partial charge on any atom is -0.481 e. The Labute approximate surface area is 139 Å². The summed E-state index contributed by atoms with van der Waals surface area (Å²) in [5.41, 5.74) is 0.425. The summed E-state index contributed by atoms with van der Waals surface area (Å²) in [6, 6.07) is 0. The summed E-state index contributed by atoms with van der Waals surface area (Å²) in [6.45, 7) is 1.47. The van der Waals surface area contributed by atoms with Crippen molar-refractivity contribution in [1.82, 2.24) is 10.1 Å². The highest BCUT2D eigenvalue weighted by Crippen LogP contribution is 2.43. The minimum atomic E-state index is -0.880. The van der Waals surface area contributed by atoms with Gasteiger partial charge in [-0.15, -0.1) is 0 Å². The van der Waals surface area contributed by atoms with Gasteiger partial charge in [0, 0.05) is 37.6 Å². The van der Waals surface area contributed by atoms with Gasteiger partial charge in [0.1, 0.15) is 5.76 Å². The topological polar surface area (TPSA) is 92.9 Å². The molecule has 1 N–H and O–H groups in total. The molecule has 1 aromatic rings. The summed E-state index contributed by atoms with van der Waals surface area (Å²) in [5, 5.41) is 13.8. The van der Waals surface area contributed by atoms with Gasteiger partial charge in [0.2, 0.25) is 0 Å². The Balaban J connectivity index is 1.60. The Hall–Kier alpha value is -1.89. The van der Waals surface area contributed by atoms with E-state index >= 15 is 0 Å². The second-order valence-corrected chi connectivity index (χ2v) is 7.16. The molecule has 0 spiro atoms. The highest BCUT2D eigenvalue weighted by Gasteiger charge is 2.55. The molecule has 24 heavy (non-hydrogen) atoms. The predicted octanol–water partition coefficient (Wildman–Crippen LogP) is 1.51. The molecule has 0 unspecified atom stereocenters. The lowest BCUT2D eigenvalue weighted by Gasteiger charge is -2.33. The van der Waals surface area contributed by atoms with Crippen molar-refractivity contribution in [3.63, 3.8) is 0 Å². The standard InChI is InChI=1S/C17H22N2O5/c20-15(14-12-4-2-1-3-5-13(12)24-18-14)19-8-11-9-23-7-6-17(11,10-19)16(21)22/h11H,1-10H2,(H,21,22)/t11-,17+/m0/s1.